The molecular weight excluding hydrogens is 347 g/mol. The van der Waals surface area contributed by atoms with Crippen LogP contribution in [0.1, 0.15) is 22.8 Å². The second kappa shape index (κ2) is 6.08. The van der Waals surface area contributed by atoms with Crippen molar-refractivity contribution in [2.75, 3.05) is 23.3 Å². The number of anilines is 2. The van der Waals surface area contributed by atoms with Gasteiger partial charge in [0.25, 0.3) is 5.91 Å². The quantitative estimate of drug-likeness (QED) is 0.886. The average Bonchev–Trinajstić information content (AvgIpc) is 2.88. The molecule has 2 aromatic carbocycles. The Labute approximate surface area is 137 Å². The van der Waals surface area contributed by atoms with E-state index in [1.54, 1.807) is 6.07 Å². The molecule has 3 rings (SSSR count). The van der Waals surface area contributed by atoms with Crippen LogP contribution in [-0.2, 0) is 6.42 Å². The zero-order valence-electron chi connectivity index (χ0n) is 12.2. The average molecular weight is 363 g/mol. The van der Waals surface area contributed by atoms with Crippen molar-refractivity contribution in [3.8, 4) is 0 Å². The molecule has 22 heavy (non-hydrogen) atoms. The predicted octanol–water partition coefficient (Wildman–Crippen LogP) is 4.22. The van der Waals surface area contributed by atoms with Crippen molar-refractivity contribution >= 4 is 33.2 Å². The second-order valence-electron chi connectivity index (χ2n) is 5.29. The van der Waals surface area contributed by atoms with Gasteiger partial charge >= 0.3 is 0 Å². The number of benzene rings is 2. The van der Waals surface area contributed by atoms with Crippen LogP contribution >= 0.6 is 15.9 Å². The largest absolute Gasteiger partial charge is 0.371 e. The number of halogens is 2. The first-order valence-corrected chi connectivity index (χ1v) is 8.01. The minimum absolute atomic E-state index is 0.291. The lowest BCUT2D eigenvalue weighted by Gasteiger charge is -2.17. The Balaban J connectivity index is 1.83. The molecule has 0 fully saturated rings. The van der Waals surface area contributed by atoms with Crippen LogP contribution in [0.3, 0.4) is 0 Å². The number of nitrogens with one attached hydrogen (secondary N) is 1. The number of fused-ring (bicyclic) bond motifs is 1. The van der Waals surface area contributed by atoms with Gasteiger partial charge in [-0.25, -0.2) is 4.39 Å². The third kappa shape index (κ3) is 2.99. The highest BCUT2D eigenvalue weighted by molar-refractivity contribution is 9.10. The van der Waals surface area contributed by atoms with E-state index in [9.17, 15) is 9.18 Å². The van der Waals surface area contributed by atoms with Gasteiger partial charge in [-0.3, -0.25) is 4.79 Å². The summed E-state index contributed by atoms with van der Waals surface area (Å²) in [6.07, 6.45) is 1.04. The summed E-state index contributed by atoms with van der Waals surface area (Å²) in [4.78, 5) is 14.5. The Morgan fingerprint density at radius 3 is 2.86 bits per heavy atom. The Bertz CT molecular complexity index is 712. The van der Waals surface area contributed by atoms with Gasteiger partial charge in [0.1, 0.15) is 5.82 Å². The molecule has 3 nitrogen and oxygen atoms in total. The topological polar surface area (TPSA) is 32.3 Å². The summed E-state index contributed by atoms with van der Waals surface area (Å²) in [5.41, 5.74) is 3.48. The normalized spacial score (nSPS) is 13.1. The number of carbonyl (C=O) groups is 1. The standard InChI is InChI=1S/C17H16BrFN2O/c1-2-21-6-5-11-3-4-15(10-16(11)21)20-17(22)12-7-13(18)9-14(19)8-12/h3-4,7-10H,2,5-6H2,1H3,(H,20,22). The molecule has 0 spiro atoms. The van der Waals surface area contributed by atoms with E-state index in [0.29, 0.717) is 10.0 Å². The monoisotopic (exact) mass is 362 g/mol. The summed E-state index contributed by atoms with van der Waals surface area (Å²) in [7, 11) is 0. The SMILES string of the molecule is CCN1CCc2ccc(NC(=O)c3cc(F)cc(Br)c3)cc21. The van der Waals surface area contributed by atoms with Crippen LogP contribution < -0.4 is 10.2 Å². The third-order valence-corrected chi connectivity index (χ3v) is 4.30. The number of rotatable bonds is 3. The van der Waals surface area contributed by atoms with Crippen LogP contribution in [0.25, 0.3) is 0 Å². The maximum atomic E-state index is 13.4. The van der Waals surface area contributed by atoms with Gasteiger partial charge in [0, 0.05) is 34.5 Å². The third-order valence-electron chi connectivity index (χ3n) is 3.84. The Kier molecular flexibility index (Phi) is 4.16. The number of amides is 1. The Morgan fingerprint density at radius 2 is 2.14 bits per heavy atom. The zero-order chi connectivity index (χ0) is 15.7. The molecule has 0 atom stereocenters. The van der Waals surface area contributed by atoms with Gasteiger partial charge < -0.3 is 10.2 Å². The molecule has 1 heterocycles. The summed E-state index contributed by atoms with van der Waals surface area (Å²) in [6.45, 7) is 4.08. The highest BCUT2D eigenvalue weighted by Gasteiger charge is 2.18. The summed E-state index contributed by atoms with van der Waals surface area (Å²) >= 11 is 3.20. The number of hydrogen-bond acceptors (Lipinski definition) is 2. The first-order chi connectivity index (χ1) is 10.6. The minimum Gasteiger partial charge on any atom is -0.371 e. The van der Waals surface area contributed by atoms with Crippen molar-refractivity contribution in [1.82, 2.24) is 0 Å². The van der Waals surface area contributed by atoms with Gasteiger partial charge in [0.15, 0.2) is 0 Å². The Morgan fingerprint density at radius 1 is 1.32 bits per heavy atom. The Hall–Kier alpha value is -1.88. The van der Waals surface area contributed by atoms with Crippen LogP contribution in [0.15, 0.2) is 40.9 Å². The van der Waals surface area contributed by atoms with Crippen molar-refractivity contribution < 1.29 is 9.18 Å². The molecular formula is C17H16BrFN2O. The summed E-state index contributed by atoms with van der Waals surface area (Å²) in [6, 6.07) is 10.1. The van der Waals surface area contributed by atoms with Crippen LogP contribution in [0, 0.1) is 5.82 Å². The van der Waals surface area contributed by atoms with E-state index in [1.807, 2.05) is 18.2 Å². The van der Waals surface area contributed by atoms with Crippen LogP contribution in [0.5, 0.6) is 0 Å². The maximum absolute atomic E-state index is 13.4. The number of nitrogens with zero attached hydrogens (tertiary/aromatic N) is 1. The van der Waals surface area contributed by atoms with Gasteiger partial charge in [-0.05, 0) is 49.2 Å². The fourth-order valence-electron chi connectivity index (χ4n) is 2.74. The van der Waals surface area contributed by atoms with Gasteiger partial charge in [-0.1, -0.05) is 22.0 Å². The molecule has 0 saturated heterocycles. The van der Waals surface area contributed by atoms with Crippen LogP contribution in [0.2, 0.25) is 0 Å². The minimum atomic E-state index is -0.439. The predicted molar refractivity (Wildman–Crippen MR) is 90.1 cm³/mol. The second-order valence-corrected chi connectivity index (χ2v) is 6.20. The molecule has 0 aromatic heterocycles. The van der Waals surface area contributed by atoms with Crippen LogP contribution in [-0.4, -0.2) is 19.0 Å². The summed E-state index contributed by atoms with van der Waals surface area (Å²) in [5, 5.41) is 2.83. The fourth-order valence-corrected chi connectivity index (χ4v) is 3.21. The molecule has 0 unspecified atom stereocenters. The van der Waals surface area contributed by atoms with Crippen molar-refractivity contribution in [2.45, 2.75) is 13.3 Å². The lowest BCUT2D eigenvalue weighted by molar-refractivity contribution is 0.102. The molecule has 114 valence electrons. The molecule has 2 aromatic rings. The maximum Gasteiger partial charge on any atom is 0.255 e. The first kappa shape index (κ1) is 15.0. The van der Waals surface area contributed by atoms with E-state index in [2.05, 4.69) is 33.1 Å². The molecule has 0 saturated carbocycles. The number of likely N-dealkylation sites (N-methyl/N-ethyl adjacent to an activating group) is 1. The number of carbonyl (C=O) groups excluding carboxylic acids is 1. The van der Waals surface area contributed by atoms with Crippen molar-refractivity contribution in [3.63, 3.8) is 0 Å². The fraction of sp³-hybridized carbons (Fsp3) is 0.235. The molecule has 0 aliphatic carbocycles. The lowest BCUT2D eigenvalue weighted by Crippen LogP contribution is -2.19. The van der Waals surface area contributed by atoms with Gasteiger partial charge in [0.05, 0.1) is 0 Å². The van der Waals surface area contributed by atoms with Gasteiger partial charge in [-0.15, -0.1) is 0 Å². The van der Waals surface area contributed by atoms with E-state index in [4.69, 9.17) is 0 Å². The van der Waals surface area contributed by atoms with Crippen molar-refractivity contribution in [3.05, 3.63) is 57.8 Å². The molecule has 1 amide bonds. The van der Waals surface area contributed by atoms with E-state index >= 15 is 0 Å². The van der Waals surface area contributed by atoms with Crippen molar-refractivity contribution in [1.29, 1.82) is 0 Å². The first-order valence-electron chi connectivity index (χ1n) is 7.22. The van der Waals surface area contributed by atoms with Crippen molar-refractivity contribution in [2.24, 2.45) is 0 Å². The van der Waals surface area contributed by atoms with Crippen LogP contribution in [0.4, 0.5) is 15.8 Å². The molecule has 0 radical (unpaired) electrons. The lowest BCUT2D eigenvalue weighted by atomic mass is 10.1. The smallest absolute Gasteiger partial charge is 0.255 e. The van der Waals surface area contributed by atoms with E-state index in [1.165, 1.54) is 23.4 Å². The zero-order valence-corrected chi connectivity index (χ0v) is 13.8. The molecule has 1 N–H and O–H groups in total. The summed E-state index contributed by atoms with van der Waals surface area (Å²) < 4.78 is 13.9. The molecule has 5 heteroatoms. The van der Waals surface area contributed by atoms with Gasteiger partial charge in [0.2, 0.25) is 0 Å². The van der Waals surface area contributed by atoms with E-state index in [0.717, 1.165) is 25.2 Å². The summed E-state index contributed by atoms with van der Waals surface area (Å²) in [5.74, 6) is -0.758. The molecule has 0 bridgehead atoms. The highest BCUT2D eigenvalue weighted by atomic mass is 79.9. The van der Waals surface area contributed by atoms with E-state index < -0.39 is 5.82 Å². The van der Waals surface area contributed by atoms with E-state index in [-0.39, 0.29) is 5.91 Å². The molecule has 1 aliphatic heterocycles. The highest BCUT2D eigenvalue weighted by Crippen LogP contribution is 2.30. The number of hydrogen-bond donors (Lipinski definition) is 1. The van der Waals surface area contributed by atoms with Gasteiger partial charge in [-0.2, -0.15) is 0 Å². The molecule has 1 aliphatic rings.